The van der Waals surface area contributed by atoms with Crippen molar-refractivity contribution in [1.82, 2.24) is 15.5 Å². The van der Waals surface area contributed by atoms with E-state index in [-0.39, 0.29) is 11.9 Å². The maximum absolute atomic E-state index is 11.7. The lowest BCUT2D eigenvalue weighted by atomic mass is 10.1. The van der Waals surface area contributed by atoms with Gasteiger partial charge >= 0.3 is 0 Å². The molecule has 0 aromatic carbocycles. The van der Waals surface area contributed by atoms with Gasteiger partial charge in [0.05, 0.1) is 6.20 Å². The molecule has 5 nitrogen and oxygen atoms in total. The van der Waals surface area contributed by atoms with Crippen LogP contribution < -0.4 is 11.1 Å². The molecule has 1 saturated heterocycles. The Bertz CT molecular complexity index is 346. The number of anilines is 1. The minimum absolute atomic E-state index is 0.131. The van der Waals surface area contributed by atoms with Gasteiger partial charge in [-0.25, -0.2) is 0 Å². The molecule has 0 saturated carbocycles. The van der Waals surface area contributed by atoms with Crippen molar-refractivity contribution in [3.8, 4) is 0 Å². The number of nitrogens with one attached hydrogen (secondary N) is 2. The van der Waals surface area contributed by atoms with E-state index >= 15 is 0 Å². The number of H-pyrrole nitrogens is 1. The fourth-order valence-electron chi connectivity index (χ4n) is 1.59. The highest BCUT2D eigenvalue weighted by Gasteiger charge is 2.18. The minimum atomic E-state index is -0.131. The Balaban J connectivity index is 1.94. The van der Waals surface area contributed by atoms with Crippen molar-refractivity contribution in [3.63, 3.8) is 0 Å². The molecule has 1 aromatic heterocycles. The normalized spacial score (nSPS) is 21.2. The van der Waals surface area contributed by atoms with E-state index in [2.05, 4.69) is 15.5 Å². The van der Waals surface area contributed by atoms with Gasteiger partial charge in [-0.3, -0.25) is 9.89 Å². The summed E-state index contributed by atoms with van der Waals surface area (Å²) in [4.78, 5) is 11.7. The number of thioether (sulfide) groups is 1. The molecule has 82 valence electrons. The molecule has 1 atom stereocenters. The molecule has 2 rings (SSSR count). The zero-order valence-corrected chi connectivity index (χ0v) is 9.14. The largest absolute Gasteiger partial charge is 0.383 e. The lowest BCUT2D eigenvalue weighted by Crippen LogP contribution is -2.38. The van der Waals surface area contributed by atoms with Crippen LogP contribution in [0.1, 0.15) is 23.2 Å². The molecule has 1 amide bonds. The van der Waals surface area contributed by atoms with E-state index in [0.717, 1.165) is 18.6 Å². The fourth-order valence-corrected chi connectivity index (χ4v) is 2.67. The van der Waals surface area contributed by atoms with E-state index in [0.29, 0.717) is 11.4 Å². The molecule has 4 N–H and O–H groups in total. The summed E-state index contributed by atoms with van der Waals surface area (Å²) in [5.74, 6) is 2.38. The maximum Gasteiger partial charge on any atom is 0.256 e. The summed E-state index contributed by atoms with van der Waals surface area (Å²) in [6, 6.07) is 0.269. The van der Waals surface area contributed by atoms with Gasteiger partial charge in [-0.15, -0.1) is 0 Å². The molecule has 1 fully saturated rings. The molecular weight excluding hydrogens is 212 g/mol. The first-order valence-electron chi connectivity index (χ1n) is 4.95. The van der Waals surface area contributed by atoms with Gasteiger partial charge in [0, 0.05) is 11.8 Å². The standard InChI is InChI=1S/C9H14N4OS/c10-8-7(4-11-13-8)9(14)12-6-2-1-3-15-5-6/h4,6H,1-3,5H2,(H,12,14)(H3,10,11,13). The number of nitrogens with zero attached hydrogens (tertiary/aromatic N) is 1. The maximum atomic E-state index is 11.7. The summed E-state index contributed by atoms with van der Waals surface area (Å²) in [6.07, 6.45) is 3.67. The third kappa shape index (κ3) is 2.44. The number of amides is 1. The van der Waals surface area contributed by atoms with Crippen molar-refractivity contribution < 1.29 is 4.79 Å². The molecule has 2 heterocycles. The number of nitrogens with two attached hydrogens (primary N) is 1. The molecular formula is C9H14N4OS. The molecule has 1 aliphatic rings. The number of carbonyl (C=O) groups excluding carboxylic acids is 1. The highest BCUT2D eigenvalue weighted by Crippen LogP contribution is 2.17. The molecule has 1 aliphatic heterocycles. The Hall–Kier alpha value is -1.17. The zero-order valence-electron chi connectivity index (χ0n) is 8.32. The van der Waals surface area contributed by atoms with Crippen molar-refractivity contribution in [2.24, 2.45) is 0 Å². The van der Waals surface area contributed by atoms with Crippen LogP contribution >= 0.6 is 11.8 Å². The Kier molecular flexibility index (Phi) is 3.15. The fraction of sp³-hybridized carbons (Fsp3) is 0.556. The van der Waals surface area contributed by atoms with E-state index in [1.807, 2.05) is 11.8 Å². The van der Waals surface area contributed by atoms with E-state index < -0.39 is 0 Å². The number of hydrogen-bond donors (Lipinski definition) is 3. The van der Waals surface area contributed by atoms with Gasteiger partial charge in [0.2, 0.25) is 0 Å². The quantitative estimate of drug-likeness (QED) is 0.690. The summed E-state index contributed by atoms with van der Waals surface area (Å²) in [7, 11) is 0. The summed E-state index contributed by atoms with van der Waals surface area (Å²) >= 11 is 1.88. The second kappa shape index (κ2) is 4.57. The van der Waals surface area contributed by atoms with Gasteiger partial charge in [0.15, 0.2) is 0 Å². The third-order valence-corrected chi connectivity index (χ3v) is 3.62. The van der Waals surface area contributed by atoms with Crippen LogP contribution in [0, 0.1) is 0 Å². The van der Waals surface area contributed by atoms with Gasteiger partial charge < -0.3 is 11.1 Å². The zero-order chi connectivity index (χ0) is 10.7. The number of carbonyl (C=O) groups is 1. The minimum Gasteiger partial charge on any atom is -0.383 e. The lowest BCUT2D eigenvalue weighted by molar-refractivity contribution is 0.0939. The van der Waals surface area contributed by atoms with Gasteiger partial charge in [-0.05, 0) is 18.6 Å². The highest BCUT2D eigenvalue weighted by molar-refractivity contribution is 7.99. The Morgan fingerprint density at radius 2 is 2.60 bits per heavy atom. The van der Waals surface area contributed by atoms with Crippen LogP contribution in [0.4, 0.5) is 5.82 Å². The van der Waals surface area contributed by atoms with Crippen LogP contribution in [0.3, 0.4) is 0 Å². The summed E-state index contributed by atoms with van der Waals surface area (Å²) in [5.41, 5.74) is 6.00. The SMILES string of the molecule is Nc1[nH]ncc1C(=O)NC1CCCSC1. The van der Waals surface area contributed by atoms with Crippen LogP contribution in [0.25, 0.3) is 0 Å². The van der Waals surface area contributed by atoms with Crippen molar-refractivity contribution in [3.05, 3.63) is 11.8 Å². The molecule has 0 spiro atoms. The third-order valence-electron chi connectivity index (χ3n) is 2.41. The van der Waals surface area contributed by atoms with Crippen molar-refractivity contribution >= 4 is 23.5 Å². The van der Waals surface area contributed by atoms with E-state index in [1.165, 1.54) is 11.9 Å². The number of nitrogen functional groups attached to an aromatic ring is 1. The van der Waals surface area contributed by atoms with Gasteiger partial charge in [0.1, 0.15) is 11.4 Å². The molecule has 15 heavy (non-hydrogen) atoms. The van der Waals surface area contributed by atoms with Crippen LogP contribution in [-0.2, 0) is 0 Å². The van der Waals surface area contributed by atoms with Crippen molar-refractivity contribution in [2.45, 2.75) is 18.9 Å². The summed E-state index contributed by atoms with van der Waals surface area (Å²) in [5, 5.41) is 9.23. The average molecular weight is 226 g/mol. The summed E-state index contributed by atoms with van der Waals surface area (Å²) in [6.45, 7) is 0. The van der Waals surface area contributed by atoms with Crippen LogP contribution in [0.15, 0.2) is 6.20 Å². The van der Waals surface area contributed by atoms with E-state index in [9.17, 15) is 4.79 Å². The number of aromatic nitrogens is 2. The van der Waals surface area contributed by atoms with Crippen molar-refractivity contribution in [1.29, 1.82) is 0 Å². The average Bonchev–Trinajstić information content (AvgIpc) is 2.66. The second-order valence-corrected chi connectivity index (χ2v) is 4.73. The van der Waals surface area contributed by atoms with Gasteiger partial charge in [-0.2, -0.15) is 16.9 Å². The molecule has 6 heteroatoms. The molecule has 0 bridgehead atoms. The molecule has 0 aliphatic carbocycles. The monoisotopic (exact) mass is 226 g/mol. The first-order valence-corrected chi connectivity index (χ1v) is 6.10. The highest BCUT2D eigenvalue weighted by atomic mass is 32.2. The molecule has 1 aromatic rings. The number of hydrogen-bond acceptors (Lipinski definition) is 4. The van der Waals surface area contributed by atoms with Crippen LogP contribution in [0.5, 0.6) is 0 Å². The van der Waals surface area contributed by atoms with Crippen LogP contribution in [-0.4, -0.2) is 33.7 Å². The van der Waals surface area contributed by atoms with Crippen molar-refractivity contribution in [2.75, 3.05) is 17.2 Å². The van der Waals surface area contributed by atoms with Gasteiger partial charge in [0.25, 0.3) is 5.91 Å². The Morgan fingerprint density at radius 3 is 3.20 bits per heavy atom. The van der Waals surface area contributed by atoms with E-state index in [1.54, 1.807) is 0 Å². The predicted octanol–water partition coefficient (Wildman–Crippen LogP) is 0.617. The Morgan fingerprint density at radius 1 is 1.73 bits per heavy atom. The predicted molar refractivity (Wildman–Crippen MR) is 60.8 cm³/mol. The first kappa shape index (κ1) is 10.4. The topological polar surface area (TPSA) is 83.8 Å². The van der Waals surface area contributed by atoms with Gasteiger partial charge in [-0.1, -0.05) is 0 Å². The molecule has 1 unspecified atom stereocenters. The second-order valence-electron chi connectivity index (χ2n) is 3.58. The smallest absolute Gasteiger partial charge is 0.256 e. The number of rotatable bonds is 2. The first-order chi connectivity index (χ1) is 7.27. The number of aromatic amines is 1. The van der Waals surface area contributed by atoms with Crippen LogP contribution in [0.2, 0.25) is 0 Å². The lowest BCUT2D eigenvalue weighted by Gasteiger charge is -2.22. The molecule has 0 radical (unpaired) electrons. The summed E-state index contributed by atoms with van der Waals surface area (Å²) < 4.78 is 0. The Labute approximate surface area is 92.2 Å². The van der Waals surface area contributed by atoms with E-state index in [4.69, 9.17) is 5.73 Å².